The van der Waals surface area contributed by atoms with Crippen molar-refractivity contribution in [3.63, 3.8) is 0 Å². The predicted molar refractivity (Wildman–Crippen MR) is 110 cm³/mol. The lowest BCUT2D eigenvalue weighted by Crippen LogP contribution is -2.25. The first-order valence-electron chi connectivity index (χ1n) is 9.48. The molecule has 0 saturated heterocycles. The number of hydrogen-bond donors (Lipinski definition) is 3. The fourth-order valence-electron chi connectivity index (χ4n) is 3.23. The standard InChI is InChI=1S/C21H23N3O3S/c25-21(10-3-5-15-14-22-20-9-2-1-8-19(15)20)23-17-6-4-7-18(13-17)28(26,27)24-16-11-12-16/h1-2,4,6-9,13-14,16,22,24H,3,5,10-12H2,(H,23,25). The molecule has 0 spiro atoms. The van der Waals surface area contributed by atoms with E-state index >= 15 is 0 Å². The van der Waals surface area contributed by atoms with Crippen molar-refractivity contribution in [1.29, 1.82) is 0 Å². The lowest BCUT2D eigenvalue weighted by molar-refractivity contribution is -0.116. The topological polar surface area (TPSA) is 91.1 Å². The molecule has 1 saturated carbocycles. The Morgan fingerprint density at radius 1 is 1.11 bits per heavy atom. The largest absolute Gasteiger partial charge is 0.361 e. The van der Waals surface area contributed by atoms with E-state index in [0.717, 1.165) is 31.2 Å². The first kappa shape index (κ1) is 18.7. The number of aryl methyl sites for hydroxylation is 1. The van der Waals surface area contributed by atoms with Crippen molar-refractivity contribution in [3.8, 4) is 0 Å². The average molecular weight is 398 g/mol. The van der Waals surface area contributed by atoms with Crippen LogP contribution in [0.5, 0.6) is 0 Å². The molecule has 4 rings (SSSR count). The number of carbonyl (C=O) groups is 1. The van der Waals surface area contributed by atoms with Gasteiger partial charge in [-0.25, -0.2) is 13.1 Å². The van der Waals surface area contributed by atoms with E-state index in [1.807, 2.05) is 24.4 Å². The van der Waals surface area contributed by atoms with Gasteiger partial charge in [-0.1, -0.05) is 24.3 Å². The summed E-state index contributed by atoms with van der Waals surface area (Å²) in [5.41, 5.74) is 2.79. The van der Waals surface area contributed by atoms with Gasteiger partial charge in [0.1, 0.15) is 0 Å². The van der Waals surface area contributed by atoms with Crippen molar-refractivity contribution >= 4 is 32.5 Å². The molecular formula is C21H23N3O3S. The Morgan fingerprint density at radius 3 is 2.75 bits per heavy atom. The number of amides is 1. The Balaban J connectivity index is 1.33. The zero-order valence-electron chi connectivity index (χ0n) is 15.4. The Kier molecular flexibility index (Phi) is 5.19. The van der Waals surface area contributed by atoms with Crippen molar-refractivity contribution in [2.45, 2.75) is 43.0 Å². The van der Waals surface area contributed by atoms with E-state index in [4.69, 9.17) is 0 Å². The second kappa shape index (κ2) is 7.77. The van der Waals surface area contributed by atoms with Crippen molar-refractivity contribution in [2.75, 3.05) is 5.32 Å². The summed E-state index contributed by atoms with van der Waals surface area (Å²) in [5, 5.41) is 3.99. The van der Waals surface area contributed by atoms with Crippen LogP contribution in [0.25, 0.3) is 10.9 Å². The quantitative estimate of drug-likeness (QED) is 0.543. The smallest absolute Gasteiger partial charge is 0.240 e. The summed E-state index contributed by atoms with van der Waals surface area (Å²) in [6, 6.07) is 14.5. The van der Waals surface area contributed by atoms with Gasteiger partial charge in [-0.05, 0) is 55.5 Å². The van der Waals surface area contributed by atoms with Crippen LogP contribution in [0.15, 0.2) is 59.6 Å². The number of anilines is 1. The summed E-state index contributed by atoms with van der Waals surface area (Å²) < 4.78 is 27.3. The zero-order chi connectivity index (χ0) is 19.6. The van der Waals surface area contributed by atoms with E-state index in [1.165, 1.54) is 23.1 Å². The molecule has 1 aliphatic carbocycles. The highest BCUT2D eigenvalue weighted by Crippen LogP contribution is 2.23. The predicted octanol–water partition coefficient (Wildman–Crippen LogP) is 3.57. The Bertz CT molecular complexity index is 1100. The monoisotopic (exact) mass is 397 g/mol. The van der Waals surface area contributed by atoms with Crippen molar-refractivity contribution < 1.29 is 13.2 Å². The maximum atomic E-state index is 12.3. The van der Waals surface area contributed by atoms with Crippen molar-refractivity contribution in [1.82, 2.24) is 9.71 Å². The van der Waals surface area contributed by atoms with E-state index in [1.54, 1.807) is 12.1 Å². The third-order valence-corrected chi connectivity index (χ3v) is 6.37. The maximum absolute atomic E-state index is 12.3. The number of fused-ring (bicyclic) bond motifs is 1. The van der Waals surface area contributed by atoms with E-state index < -0.39 is 10.0 Å². The number of H-pyrrole nitrogens is 1. The van der Waals surface area contributed by atoms with E-state index in [0.29, 0.717) is 12.1 Å². The van der Waals surface area contributed by atoms with Crippen LogP contribution in [0.2, 0.25) is 0 Å². The van der Waals surface area contributed by atoms with Crippen LogP contribution in [0.3, 0.4) is 0 Å². The number of sulfonamides is 1. The van der Waals surface area contributed by atoms with Crippen LogP contribution < -0.4 is 10.0 Å². The zero-order valence-corrected chi connectivity index (χ0v) is 16.3. The third-order valence-electron chi connectivity index (χ3n) is 4.85. The van der Waals surface area contributed by atoms with Gasteiger partial charge in [0.15, 0.2) is 0 Å². The molecule has 0 atom stereocenters. The fourth-order valence-corrected chi connectivity index (χ4v) is 4.58. The number of aromatic nitrogens is 1. The van der Waals surface area contributed by atoms with Gasteiger partial charge in [0, 0.05) is 35.2 Å². The van der Waals surface area contributed by atoms with Crippen LogP contribution >= 0.6 is 0 Å². The molecule has 3 N–H and O–H groups in total. The van der Waals surface area contributed by atoms with Crippen LogP contribution in [0.1, 0.15) is 31.2 Å². The summed E-state index contributed by atoms with van der Waals surface area (Å²) in [4.78, 5) is 15.7. The number of hydrogen-bond acceptors (Lipinski definition) is 3. The first-order chi connectivity index (χ1) is 13.5. The molecule has 3 aromatic rings. The number of rotatable bonds is 8. The molecule has 1 aromatic heterocycles. The first-order valence-corrected chi connectivity index (χ1v) is 11.0. The minimum Gasteiger partial charge on any atom is -0.361 e. The second-order valence-electron chi connectivity index (χ2n) is 7.18. The molecule has 7 heteroatoms. The molecule has 2 aromatic carbocycles. The number of nitrogens with one attached hydrogen (secondary N) is 3. The molecule has 28 heavy (non-hydrogen) atoms. The molecule has 1 fully saturated rings. The molecule has 1 amide bonds. The van der Waals surface area contributed by atoms with Gasteiger partial charge >= 0.3 is 0 Å². The van der Waals surface area contributed by atoms with E-state index in [-0.39, 0.29) is 16.8 Å². The van der Waals surface area contributed by atoms with Gasteiger partial charge in [-0.15, -0.1) is 0 Å². The molecule has 0 radical (unpaired) electrons. The molecule has 0 unspecified atom stereocenters. The molecule has 146 valence electrons. The fraction of sp³-hybridized carbons (Fsp3) is 0.286. The number of carbonyl (C=O) groups excluding carboxylic acids is 1. The summed E-state index contributed by atoms with van der Waals surface area (Å²) in [5.74, 6) is -0.121. The van der Waals surface area contributed by atoms with Crippen LogP contribution in [-0.2, 0) is 21.2 Å². The highest BCUT2D eigenvalue weighted by Gasteiger charge is 2.28. The number of para-hydroxylation sites is 1. The van der Waals surface area contributed by atoms with E-state index in [2.05, 4.69) is 21.1 Å². The Morgan fingerprint density at radius 2 is 1.93 bits per heavy atom. The van der Waals surface area contributed by atoms with Crippen LogP contribution in [0, 0.1) is 0 Å². The average Bonchev–Trinajstić information content (AvgIpc) is 3.39. The lowest BCUT2D eigenvalue weighted by atomic mass is 10.1. The molecule has 0 aliphatic heterocycles. The maximum Gasteiger partial charge on any atom is 0.240 e. The number of benzene rings is 2. The molecule has 1 aliphatic rings. The lowest BCUT2D eigenvalue weighted by Gasteiger charge is -2.09. The van der Waals surface area contributed by atoms with E-state index in [9.17, 15) is 13.2 Å². The highest BCUT2D eigenvalue weighted by molar-refractivity contribution is 7.89. The molecular weight excluding hydrogens is 374 g/mol. The van der Waals surface area contributed by atoms with Crippen LogP contribution in [0.4, 0.5) is 5.69 Å². The molecule has 0 bridgehead atoms. The van der Waals surface area contributed by atoms with Crippen molar-refractivity contribution in [2.24, 2.45) is 0 Å². The van der Waals surface area contributed by atoms with Gasteiger partial charge < -0.3 is 10.3 Å². The van der Waals surface area contributed by atoms with Gasteiger partial charge in [-0.2, -0.15) is 0 Å². The van der Waals surface area contributed by atoms with Gasteiger partial charge in [0.05, 0.1) is 4.90 Å². The molecule has 1 heterocycles. The summed E-state index contributed by atoms with van der Waals surface area (Å²) in [7, 11) is -3.53. The third kappa shape index (κ3) is 4.43. The minimum absolute atomic E-state index is 0.0489. The van der Waals surface area contributed by atoms with Crippen LogP contribution in [-0.4, -0.2) is 25.4 Å². The summed E-state index contributed by atoms with van der Waals surface area (Å²) in [6.07, 6.45) is 5.64. The molecule has 6 nitrogen and oxygen atoms in total. The summed E-state index contributed by atoms with van der Waals surface area (Å²) >= 11 is 0. The summed E-state index contributed by atoms with van der Waals surface area (Å²) in [6.45, 7) is 0. The highest BCUT2D eigenvalue weighted by atomic mass is 32.2. The second-order valence-corrected chi connectivity index (χ2v) is 8.90. The van der Waals surface area contributed by atoms with Crippen molar-refractivity contribution in [3.05, 3.63) is 60.3 Å². The van der Waals surface area contributed by atoms with Gasteiger partial charge in [0.2, 0.25) is 15.9 Å². The Labute approximate surface area is 164 Å². The Hall–Kier alpha value is -2.64. The van der Waals surface area contributed by atoms with Gasteiger partial charge in [0.25, 0.3) is 0 Å². The SMILES string of the molecule is O=C(CCCc1c[nH]c2ccccc12)Nc1cccc(S(=O)(=O)NC2CC2)c1. The normalized spacial score (nSPS) is 14.3. The number of aromatic amines is 1. The minimum atomic E-state index is -3.53. The van der Waals surface area contributed by atoms with Gasteiger partial charge in [-0.3, -0.25) is 4.79 Å².